The van der Waals surface area contributed by atoms with Crippen LogP contribution in [0.3, 0.4) is 0 Å². The van der Waals surface area contributed by atoms with E-state index < -0.39 is 0 Å². The summed E-state index contributed by atoms with van der Waals surface area (Å²) in [4.78, 5) is 10.7. The first-order valence-corrected chi connectivity index (χ1v) is 3.14. The van der Waals surface area contributed by atoms with Crippen LogP contribution in [0, 0.1) is 11.8 Å². The van der Waals surface area contributed by atoms with E-state index in [0.717, 1.165) is 0 Å². The van der Waals surface area contributed by atoms with Crippen molar-refractivity contribution in [3.8, 4) is 11.8 Å². The Bertz CT molecular complexity index is 166. The first kappa shape index (κ1) is 8.99. The molecule has 1 atom stereocenters. The maximum Gasteiger partial charge on any atom is 0.296 e. The van der Waals surface area contributed by atoms with Gasteiger partial charge in [0, 0.05) is 12.6 Å². The van der Waals surface area contributed by atoms with Crippen molar-refractivity contribution < 1.29 is 4.79 Å². The highest BCUT2D eigenvalue weighted by Gasteiger charge is 1.99. The lowest BCUT2D eigenvalue weighted by Crippen LogP contribution is -2.36. The summed E-state index contributed by atoms with van der Waals surface area (Å²) in [5.41, 5.74) is 5.25. The van der Waals surface area contributed by atoms with Crippen LogP contribution < -0.4 is 11.1 Å². The summed E-state index contributed by atoms with van der Waals surface area (Å²) in [6.07, 6.45) is 0. The Kier molecular flexibility index (Phi) is 4.34. The van der Waals surface area contributed by atoms with Crippen LogP contribution in [0.25, 0.3) is 0 Å². The highest BCUT2D eigenvalue weighted by Crippen LogP contribution is 1.74. The Morgan fingerprint density at radius 2 is 2.40 bits per heavy atom. The van der Waals surface area contributed by atoms with Crippen LogP contribution in [-0.4, -0.2) is 18.5 Å². The molecule has 0 aromatic heterocycles. The molecule has 0 aliphatic heterocycles. The monoisotopic (exact) mass is 140 g/mol. The lowest BCUT2D eigenvalue weighted by atomic mass is 10.3. The summed E-state index contributed by atoms with van der Waals surface area (Å²) < 4.78 is 0. The molecule has 0 bridgehead atoms. The van der Waals surface area contributed by atoms with E-state index in [0.29, 0.717) is 6.54 Å². The topological polar surface area (TPSA) is 55.1 Å². The molecular formula is C7H12N2O. The second-order valence-corrected chi connectivity index (χ2v) is 1.99. The van der Waals surface area contributed by atoms with E-state index in [9.17, 15) is 4.79 Å². The predicted molar refractivity (Wildman–Crippen MR) is 40.1 cm³/mol. The van der Waals surface area contributed by atoms with Crippen molar-refractivity contribution in [2.24, 2.45) is 5.73 Å². The van der Waals surface area contributed by atoms with E-state index in [1.165, 1.54) is 0 Å². The highest BCUT2D eigenvalue weighted by molar-refractivity contribution is 5.93. The molecule has 0 radical (unpaired) electrons. The van der Waals surface area contributed by atoms with Crippen LogP contribution >= 0.6 is 0 Å². The molecule has 3 nitrogen and oxygen atoms in total. The molecule has 3 heteroatoms. The van der Waals surface area contributed by atoms with E-state index in [1.807, 2.05) is 6.92 Å². The zero-order chi connectivity index (χ0) is 7.98. The summed E-state index contributed by atoms with van der Waals surface area (Å²) in [7, 11) is 0. The van der Waals surface area contributed by atoms with Crippen LogP contribution in [-0.2, 0) is 4.79 Å². The molecule has 0 aliphatic rings. The van der Waals surface area contributed by atoms with Gasteiger partial charge in [0.05, 0.1) is 0 Å². The molecule has 10 heavy (non-hydrogen) atoms. The van der Waals surface area contributed by atoms with Crippen molar-refractivity contribution in [3.05, 3.63) is 0 Å². The van der Waals surface area contributed by atoms with Gasteiger partial charge in [0.1, 0.15) is 0 Å². The number of hydrogen-bond donors (Lipinski definition) is 2. The Morgan fingerprint density at radius 3 is 2.80 bits per heavy atom. The molecule has 0 rings (SSSR count). The third kappa shape index (κ3) is 3.93. The van der Waals surface area contributed by atoms with Gasteiger partial charge in [-0.15, -0.1) is 0 Å². The average molecular weight is 140 g/mol. The number of carbonyl (C=O) groups is 1. The molecule has 0 aliphatic carbocycles. The van der Waals surface area contributed by atoms with E-state index in [-0.39, 0.29) is 11.9 Å². The molecule has 0 fully saturated rings. The average Bonchev–Trinajstić information content (AvgIpc) is 1.88. The Labute approximate surface area is 61.0 Å². The minimum Gasteiger partial charge on any atom is -0.342 e. The maximum atomic E-state index is 10.7. The fourth-order valence-corrected chi connectivity index (χ4v) is 0.432. The number of nitrogens with one attached hydrogen (secondary N) is 1. The molecule has 1 amide bonds. The summed E-state index contributed by atoms with van der Waals surface area (Å²) >= 11 is 0. The number of nitrogens with two attached hydrogens (primary N) is 1. The van der Waals surface area contributed by atoms with Crippen molar-refractivity contribution >= 4 is 5.91 Å². The lowest BCUT2D eigenvalue weighted by Gasteiger charge is -2.06. The van der Waals surface area contributed by atoms with Gasteiger partial charge in [0.2, 0.25) is 0 Å². The molecule has 1 unspecified atom stereocenters. The second kappa shape index (κ2) is 4.83. The molecule has 0 aromatic carbocycles. The van der Waals surface area contributed by atoms with Gasteiger partial charge in [0.15, 0.2) is 0 Å². The van der Waals surface area contributed by atoms with Crippen molar-refractivity contribution in [3.63, 3.8) is 0 Å². The maximum absolute atomic E-state index is 10.7. The molecule has 56 valence electrons. The largest absolute Gasteiger partial charge is 0.342 e. The van der Waals surface area contributed by atoms with Crippen LogP contribution in [0.1, 0.15) is 13.8 Å². The van der Waals surface area contributed by atoms with E-state index in [1.54, 1.807) is 6.92 Å². The Morgan fingerprint density at radius 1 is 1.80 bits per heavy atom. The van der Waals surface area contributed by atoms with E-state index in [2.05, 4.69) is 17.2 Å². The van der Waals surface area contributed by atoms with Crippen LogP contribution in [0.5, 0.6) is 0 Å². The van der Waals surface area contributed by atoms with Crippen molar-refractivity contribution in [1.82, 2.24) is 5.32 Å². The zero-order valence-electron chi connectivity index (χ0n) is 6.27. The molecular weight excluding hydrogens is 128 g/mol. The normalized spacial score (nSPS) is 11.1. The minimum absolute atomic E-state index is 0.00773. The number of carbonyl (C=O) groups excluding carboxylic acids is 1. The first-order valence-electron chi connectivity index (χ1n) is 3.14. The summed E-state index contributed by atoms with van der Waals surface area (Å²) in [6.45, 7) is 3.89. The molecule has 3 N–H and O–H groups in total. The van der Waals surface area contributed by atoms with Gasteiger partial charge >= 0.3 is 0 Å². The second-order valence-electron chi connectivity index (χ2n) is 1.99. The fourth-order valence-electron chi connectivity index (χ4n) is 0.432. The number of hydrogen-bond acceptors (Lipinski definition) is 2. The fraction of sp³-hybridized carbons (Fsp3) is 0.571. The molecule has 0 heterocycles. The van der Waals surface area contributed by atoms with Crippen LogP contribution in [0.2, 0.25) is 0 Å². The summed E-state index contributed by atoms with van der Waals surface area (Å²) in [5.74, 6) is 4.59. The molecule has 0 saturated carbocycles. The van der Waals surface area contributed by atoms with Crippen molar-refractivity contribution in [2.45, 2.75) is 19.9 Å². The minimum atomic E-state index is -0.263. The third-order valence-corrected chi connectivity index (χ3v) is 0.970. The number of rotatable bonds is 2. The SMILES string of the molecule is CC#CC(=O)NC(C)CN. The Balaban J connectivity index is 3.64. The van der Waals surface area contributed by atoms with E-state index >= 15 is 0 Å². The standard InChI is InChI=1S/C7H12N2O/c1-3-4-7(10)9-6(2)5-8/h6H,5,8H2,1-2H3,(H,9,10). The predicted octanol–water partition coefficient (Wildman–Crippen LogP) is -0.527. The summed E-state index contributed by atoms with van der Waals surface area (Å²) in [5, 5.41) is 2.59. The van der Waals surface area contributed by atoms with Crippen molar-refractivity contribution in [1.29, 1.82) is 0 Å². The van der Waals surface area contributed by atoms with Crippen molar-refractivity contribution in [2.75, 3.05) is 6.54 Å². The van der Waals surface area contributed by atoms with Gasteiger partial charge in [-0.05, 0) is 19.8 Å². The first-order chi connectivity index (χ1) is 4.70. The highest BCUT2D eigenvalue weighted by atomic mass is 16.1. The summed E-state index contributed by atoms with van der Waals surface area (Å²) in [6, 6.07) is 0.00773. The van der Waals surface area contributed by atoms with Gasteiger partial charge < -0.3 is 11.1 Å². The quantitative estimate of drug-likeness (QED) is 0.507. The molecule has 0 spiro atoms. The zero-order valence-corrected chi connectivity index (χ0v) is 6.27. The van der Waals surface area contributed by atoms with E-state index in [4.69, 9.17) is 5.73 Å². The van der Waals surface area contributed by atoms with Gasteiger partial charge in [-0.2, -0.15) is 0 Å². The van der Waals surface area contributed by atoms with Gasteiger partial charge in [-0.1, -0.05) is 5.92 Å². The van der Waals surface area contributed by atoms with Gasteiger partial charge in [-0.25, -0.2) is 0 Å². The molecule has 0 saturated heterocycles. The van der Waals surface area contributed by atoms with Gasteiger partial charge in [0.25, 0.3) is 5.91 Å². The molecule has 0 aromatic rings. The van der Waals surface area contributed by atoms with Crippen LogP contribution in [0.4, 0.5) is 0 Å². The van der Waals surface area contributed by atoms with Gasteiger partial charge in [-0.3, -0.25) is 4.79 Å². The smallest absolute Gasteiger partial charge is 0.296 e. The third-order valence-electron chi connectivity index (χ3n) is 0.970. The van der Waals surface area contributed by atoms with Crippen LogP contribution in [0.15, 0.2) is 0 Å². The Hall–Kier alpha value is -1.01. The number of amides is 1. The lowest BCUT2D eigenvalue weighted by molar-refractivity contribution is -0.116.